The first-order valence-corrected chi connectivity index (χ1v) is 8.02. The molecule has 60 valence electrons. The Hall–Kier alpha value is 0.308. The predicted octanol–water partition coefficient (Wildman–Crippen LogP) is 0.192. The number of rotatable bonds is 2. The van der Waals surface area contributed by atoms with E-state index in [1.54, 1.807) is 0 Å². The van der Waals surface area contributed by atoms with Gasteiger partial charge in [0.2, 0.25) is 0 Å². The van der Waals surface area contributed by atoms with Crippen LogP contribution in [0.25, 0.3) is 0 Å². The summed E-state index contributed by atoms with van der Waals surface area (Å²) in [6, 6.07) is 0. The molecule has 0 aliphatic carbocycles. The van der Waals surface area contributed by atoms with Gasteiger partial charge in [0.1, 0.15) is 0 Å². The summed E-state index contributed by atoms with van der Waals surface area (Å²) in [7, 11) is -2.06. The molecule has 0 spiro atoms. The summed E-state index contributed by atoms with van der Waals surface area (Å²) in [6.45, 7) is 5.06. The molecular weight excluding hydrogens is 322 g/mol. The van der Waals surface area contributed by atoms with Crippen molar-refractivity contribution in [3.8, 4) is 0 Å². The van der Waals surface area contributed by atoms with Gasteiger partial charge >= 0.3 is 71.0 Å². The number of hydrogen-bond donors (Lipinski definition) is 1. The summed E-state index contributed by atoms with van der Waals surface area (Å²) in [5.74, 6) is -0.214. The quantitative estimate of drug-likeness (QED) is 0.784. The third kappa shape index (κ3) is 3.47. The topological polar surface area (TPSA) is 46.2 Å². The maximum absolute atomic E-state index is 11.4. The zero-order chi connectivity index (χ0) is 8.36. The molecule has 5 heteroatoms. The molecule has 3 nitrogen and oxygen atoms in total. The van der Waals surface area contributed by atoms with Gasteiger partial charge in [0, 0.05) is 0 Å². The Bertz CT molecular complexity index is 220. The van der Waals surface area contributed by atoms with Crippen molar-refractivity contribution in [1.82, 2.24) is 4.72 Å². The van der Waals surface area contributed by atoms with Crippen molar-refractivity contribution < 1.29 is 27.0 Å². The number of carbonyl (C=O) groups is 1. The van der Waals surface area contributed by atoms with Gasteiger partial charge in [-0.05, 0) is 0 Å². The van der Waals surface area contributed by atoms with Gasteiger partial charge in [-0.1, -0.05) is 0 Å². The van der Waals surface area contributed by atoms with Gasteiger partial charge in [-0.2, -0.15) is 0 Å². The molecule has 0 rings (SSSR count). The van der Waals surface area contributed by atoms with Crippen LogP contribution in [-0.4, -0.2) is 15.4 Å². The van der Waals surface area contributed by atoms with Crippen LogP contribution in [0.1, 0.15) is 20.8 Å². The Morgan fingerprint density at radius 1 is 1.60 bits per heavy atom. The normalized spacial score (nSPS) is 16.4. The van der Waals surface area contributed by atoms with E-state index in [0.29, 0.717) is 0 Å². The molecule has 1 amide bonds. The third-order valence-corrected chi connectivity index (χ3v) is 7.77. The van der Waals surface area contributed by atoms with Gasteiger partial charge in [0.05, 0.1) is 0 Å². The fraction of sp³-hybridized carbons (Fsp3) is 0.800. The zero-order valence-corrected chi connectivity index (χ0v) is 9.96. The first-order chi connectivity index (χ1) is 4.36. The van der Waals surface area contributed by atoms with E-state index in [1.165, 1.54) is 6.92 Å². The second-order valence-electron chi connectivity index (χ2n) is 2.25. The summed E-state index contributed by atoms with van der Waals surface area (Å²) in [6.07, 6.45) is 0. The van der Waals surface area contributed by atoms with E-state index in [4.69, 9.17) is 0 Å². The van der Waals surface area contributed by atoms with Crippen molar-refractivity contribution >= 4 is 13.2 Å². The van der Waals surface area contributed by atoms with Crippen molar-refractivity contribution in [3.63, 3.8) is 0 Å². The van der Waals surface area contributed by atoms with Crippen LogP contribution >= 0.6 is 0 Å². The first kappa shape index (κ1) is 10.3. The van der Waals surface area contributed by atoms with Crippen LogP contribution in [0.5, 0.6) is 0 Å². The van der Waals surface area contributed by atoms with Crippen LogP contribution in [-0.2, 0) is 30.1 Å². The van der Waals surface area contributed by atoms with Gasteiger partial charge in [0.15, 0.2) is 0 Å². The molecule has 0 aromatic heterocycles. The second-order valence-corrected chi connectivity index (χ2v) is 9.83. The summed E-state index contributed by atoms with van der Waals surface area (Å²) in [5.41, 5.74) is 0. The molecule has 0 bridgehead atoms. The molecule has 1 unspecified atom stereocenters. The van der Waals surface area contributed by atoms with Crippen molar-refractivity contribution in [2.24, 2.45) is 0 Å². The summed E-state index contributed by atoms with van der Waals surface area (Å²) >= 11 is 0.938. The van der Waals surface area contributed by atoms with Crippen molar-refractivity contribution in [2.45, 2.75) is 26.0 Å². The Labute approximate surface area is 71.1 Å². The van der Waals surface area contributed by atoms with Crippen LogP contribution in [0.3, 0.4) is 0 Å². The van der Waals surface area contributed by atoms with Crippen LogP contribution in [0.2, 0.25) is 0 Å². The fourth-order valence-electron chi connectivity index (χ4n) is 0.318. The molecule has 0 aliphatic rings. The summed E-state index contributed by atoms with van der Waals surface area (Å²) in [5, 5.41) is 0.0337. The molecule has 0 fully saturated rings. The number of hydrogen-bond acceptors (Lipinski definition) is 2. The summed E-state index contributed by atoms with van der Waals surface area (Å²) < 4.78 is 13.8. The van der Waals surface area contributed by atoms with E-state index in [9.17, 15) is 9.00 Å². The van der Waals surface area contributed by atoms with Gasteiger partial charge in [-0.3, -0.25) is 0 Å². The average Bonchev–Trinajstić information content (AvgIpc) is 1.60. The molecule has 0 aromatic rings. The minimum absolute atomic E-state index is 0.0337. The van der Waals surface area contributed by atoms with Crippen LogP contribution in [0.4, 0.5) is 0 Å². The second kappa shape index (κ2) is 3.63. The van der Waals surface area contributed by atoms with E-state index in [0.717, 1.165) is 18.0 Å². The van der Waals surface area contributed by atoms with Gasteiger partial charge < -0.3 is 0 Å². The minimum atomic E-state index is -2.06. The van der Waals surface area contributed by atoms with Gasteiger partial charge in [-0.15, -0.1) is 0 Å². The van der Waals surface area contributed by atoms with Crippen LogP contribution < -0.4 is 4.72 Å². The Balaban J connectivity index is 4.31. The Kier molecular flexibility index (Phi) is 3.74. The third-order valence-electron chi connectivity index (χ3n) is 0.907. The van der Waals surface area contributed by atoms with Crippen molar-refractivity contribution in [3.05, 3.63) is 0 Å². The van der Waals surface area contributed by atoms with Gasteiger partial charge in [-0.25, -0.2) is 0 Å². The van der Waals surface area contributed by atoms with E-state index in [1.807, 2.05) is 13.8 Å². The van der Waals surface area contributed by atoms with E-state index in [2.05, 4.69) is 4.72 Å². The predicted molar refractivity (Wildman–Crippen MR) is 37.1 cm³/mol. The molecule has 0 saturated carbocycles. The standard InChI is InChI=1S/C5H11NO2S.W/c1-4(2)9(8)6-5(3)7;/h4H,1-3H3,(H,6,7);. The molecule has 0 aromatic carbocycles. The van der Waals surface area contributed by atoms with Crippen molar-refractivity contribution in [2.75, 3.05) is 0 Å². The monoisotopic (exact) mass is 333 g/mol. The summed E-state index contributed by atoms with van der Waals surface area (Å²) in [4.78, 5) is 10.5. The number of carbonyl (C=O) groups excluding carboxylic acids is 1. The molecule has 1 N–H and O–H groups in total. The molecule has 0 heterocycles. The van der Waals surface area contributed by atoms with E-state index >= 15 is 0 Å². The van der Waals surface area contributed by atoms with E-state index in [-0.39, 0.29) is 11.2 Å². The molecule has 0 aliphatic heterocycles. The average molecular weight is 333 g/mol. The molecule has 1 atom stereocenters. The van der Waals surface area contributed by atoms with Crippen LogP contribution in [0.15, 0.2) is 0 Å². The Morgan fingerprint density at radius 2 is 2.00 bits per heavy atom. The SMILES string of the molecule is CC(=O)N[S](=O)(=[W])C(C)C. The first-order valence-electron chi connectivity index (χ1n) is 2.88. The number of amides is 1. The molecule has 0 saturated heterocycles. The molecule has 10 heavy (non-hydrogen) atoms. The van der Waals surface area contributed by atoms with Crippen molar-refractivity contribution in [1.29, 1.82) is 0 Å². The Morgan fingerprint density at radius 3 is 2.10 bits per heavy atom. The van der Waals surface area contributed by atoms with Gasteiger partial charge in [0.25, 0.3) is 0 Å². The maximum atomic E-state index is 11.4. The van der Waals surface area contributed by atoms with E-state index < -0.39 is 7.31 Å². The molecular formula is C5H11NO2SW. The molecule has 0 radical (unpaired) electrons. The van der Waals surface area contributed by atoms with Crippen LogP contribution in [0, 0.1) is 0 Å². The number of nitrogens with one attached hydrogen (secondary N) is 1. The zero-order valence-electron chi connectivity index (χ0n) is 6.21. The fourth-order valence-corrected chi connectivity index (χ4v) is 2.22.